The van der Waals surface area contributed by atoms with Gasteiger partial charge >= 0.3 is 11.9 Å². The number of carbonyl (C=O) groups is 4. The van der Waals surface area contributed by atoms with Crippen molar-refractivity contribution in [3.8, 4) is 6.07 Å². The van der Waals surface area contributed by atoms with Gasteiger partial charge in [-0.15, -0.1) is 0 Å². The fraction of sp³-hybridized carbons (Fsp3) is 0.743. The lowest BCUT2D eigenvalue weighted by Crippen LogP contribution is -2.70. The van der Waals surface area contributed by atoms with Gasteiger partial charge in [0, 0.05) is 37.3 Å². The molecule has 0 aromatic rings. The summed E-state index contributed by atoms with van der Waals surface area (Å²) >= 11 is 0. The molecule has 0 radical (unpaired) electrons. The summed E-state index contributed by atoms with van der Waals surface area (Å²) in [6, 6.07) is 2.10. The summed E-state index contributed by atoms with van der Waals surface area (Å²) in [6.07, 6.45) is 7.73. The quantitative estimate of drug-likeness (QED) is 0.371. The molecule has 8 atom stereocenters. The van der Waals surface area contributed by atoms with Crippen LogP contribution in [0.2, 0.25) is 0 Å². The van der Waals surface area contributed by atoms with Crippen molar-refractivity contribution >= 4 is 23.4 Å². The van der Waals surface area contributed by atoms with E-state index in [4.69, 9.17) is 4.84 Å². The highest BCUT2D eigenvalue weighted by atomic mass is 19.3. The van der Waals surface area contributed by atoms with Crippen LogP contribution in [0, 0.1) is 56.2 Å². The lowest BCUT2D eigenvalue weighted by Gasteiger charge is -2.69. The standard InChI is InChI=1S/C35H47F2N3O5/c1-20(41)45-39-19-31(5)24-9-10-32(6)25(30(24,4)16-21(18-38)27(31)43)15-23(42)26-22-17-29(2,3)11-13-35(22,14-12-33(26,32)7)40-28(44)34(8,36)37/h15-16,22,24,26,39H,9-14,17,19H2,1-8H3,(H,40,44)/t22?,24?,26?,30-,31-,32+,33+,35-/m0/s1. The number of allylic oxidation sites excluding steroid dienone is 4. The van der Waals surface area contributed by atoms with E-state index in [1.165, 1.54) is 6.92 Å². The highest BCUT2D eigenvalue weighted by Gasteiger charge is 2.70. The Hall–Kier alpha value is -2.93. The number of nitrogens with zero attached hydrogens (tertiary/aromatic N) is 1. The average Bonchev–Trinajstić information content (AvgIpc) is 2.92. The maximum Gasteiger partial charge on any atom is 0.321 e. The van der Waals surface area contributed by atoms with E-state index in [0.717, 1.165) is 12.0 Å². The number of hydrogen-bond donors (Lipinski definition) is 2. The molecule has 3 unspecified atom stereocenters. The third kappa shape index (κ3) is 4.82. The first-order valence-electron chi connectivity index (χ1n) is 16.2. The van der Waals surface area contributed by atoms with Gasteiger partial charge in [0.25, 0.3) is 5.91 Å². The van der Waals surface area contributed by atoms with Crippen molar-refractivity contribution in [3.05, 3.63) is 23.3 Å². The van der Waals surface area contributed by atoms with Crippen molar-refractivity contribution in [2.24, 2.45) is 44.8 Å². The molecule has 2 N–H and O–H groups in total. The lowest BCUT2D eigenvalue weighted by atomic mass is 9.35. The van der Waals surface area contributed by atoms with E-state index in [1.54, 1.807) is 19.1 Å². The average molecular weight is 628 g/mol. The molecule has 0 aromatic carbocycles. The van der Waals surface area contributed by atoms with Gasteiger partial charge in [-0.05, 0) is 79.1 Å². The zero-order valence-electron chi connectivity index (χ0n) is 27.8. The molecule has 0 spiro atoms. The number of carbonyl (C=O) groups excluding carboxylic acids is 4. The van der Waals surface area contributed by atoms with E-state index >= 15 is 0 Å². The number of hydrogen-bond acceptors (Lipinski definition) is 7. The molecule has 5 rings (SSSR count). The highest BCUT2D eigenvalue weighted by Crippen LogP contribution is 2.73. The topological polar surface area (TPSA) is 125 Å². The zero-order chi connectivity index (χ0) is 33.6. The van der Waals surface area contributed by atoms with Gasteiger partial charge in [0.15, 0.2) is 11.6 Å². The molecule has 8 nitrogen and oxygen atoms in total. The Kier molecular flexibility index (Phi) is 7.64. The lowest BCUT2D eigenvalue weighted by molar-refractivity contribution is -0.170. The van der Waals surface area contributed by atoms with Gasteiger partial charge in [-0.2, -0.15) is 19.5 Å². The van der Waals surface area contributed by atoms with E-state index in [1.807, 2.05) is 6.92 Å². The van der Waals surface area contributed by atoms with E-state index in [-0.39, 0.29) is 40.9 Å². The number of nitriles is 1. The second-order valence-electron chi connectivity index (χ2n) is 16.4. The third-order valence-electron chi connectivity index (χ3n) is 13.1. The molecule has 0 aromatic heterocycles. The molecule has 5 aliphatic rings. The normalized spacial score (nSPS) is 42.0. The summed E-state index contributed by atoms with van der Waals surface area (Å²) in [5.41, 5.74) is -0.446. The van der Waals surface area contributed by atoms with Crippen LogP contribution in [-0.2, 0) is 24.0 Å². The molecule has 246 valence electrons. The van der Waals surface area contributed by atoms with E-state index < -0.39 is 50.9 Å². The van der Waals surface area contributed by atoms with E-state index in [2.05, 4.69) is 44.6 Å². The minimum atomic E-state index is -3.53. The van der Waals surface area contributed by atoms with Gasteiger partial charge in [-0.1, -0.05) is 53.2 Å². The van der Waals surface area contributed by atoms with Crippen LogP contribution >= 0.6 is 0 Å². The summed E-state index contributed by atoms with van der Waals surface area (Å²) in [5.74, 6) is -6.88. The number of alkyl halides is 2. The predicted octanol–water partition coefficient (Wildman–Crippen LogP) is 5.78. The summed E-state index contributed by atoms with van der Waals surface area (Å²) < 4.78 is 28.5. The maximum absolute atomic E-state index is 14.6. The highest BCUT2D eigenvalue weighted by molar-refractivity contribution is 6.05. The van der Waals surface area contributed by atoms with Crippen LogP contribution in [0.5, 0.6) is 0 Å². The molecule has 0 bridgehead atoms. The van der Waals surface area contributed by atoms with Gasteiger partial charge in [-0.3, -0.25) is 19.2 Å². The van der Waals surface area contributed by atoms with Gasteiger partial charge < -0.3 is 10.2 Å². The Morgan fingerprint density at radius 1 is 1.07 bits per heavy atom. The third-order valence-corrected chi connectivity index (χ3v) is 13.1. The van der Waals surface area contributed by atoms with E-state index in [9.17, 15) is 33.2 Å². The smallest absolute Gasteiger partial charge is 0.321 e. The van der Waals surface area contributed by atoms with Crippen molar-refractivity contribution in [2.45, 2.75) is 112 Å². The number of hydroxylamine groups is 1. The van der Waals surface area contributed by atoms with Crippen molar-refractivity contribution < 1.29 is 32.8 Å². The second kappa shape index (κ2) is 10.3. The number of fused-ring (bicyclic) bond motifs is 7. The molecule has 45 heavy (non-hydrogen) atoms. The van der Waals surface area contributed by atoms with Crippen LogP contribution in [0.1, 0.15) is 100 Å². The Labute approximate surface area is 264 Å². The molecule has 0 saturated heterocycles. The Bertz CT molecular complexity index is 1460. The zero-order valence-corrected chi connectivity index (χ0v) is 27.8. The molecule has 0 aliphatic heterocycles. The van der Waals surface area contributed by atoms with Gasteiger partial charge in [0.1, 0.15) is 6.07 Å². The fourth-order valence-corrected chi connectivity index (χ4v) is 10.5. The largest absolute Gasteiger partial charge is 0.371 e. The molecular weight excluding hydrogens is 580 g/mol. The van der Waals surface area contributed by atoms with Crippen LogP contribution < -0.4 is 10.8 Å². The monoisotopic (exact) mass is 627 g/mol. The van der Waals surface area contributed by atoms with Crippen LogP contribution in [0.3, 0.4) is 0 Å². The Morgan fingerprint density at radius 3 is 2.31 bits per heavy atom. The van der Waals surface area contributed by atoms with Crippen LogP contribution in [0.4, 0.5) is 8.78 Å². The minimum absolute atomic E-state index is 0.0178. The number of halogens is 2. The Balaban J connectivity index is 1.63. The van der Waals surface area contributed by atoms with Gasteiger partial charge in [-0.25, -0.2) is 0 Å². The van der Waals surface area contributed by atoms with Crippen LogP contribution in [0.25, 0.3) is 0 Å². The van der Waals surface area contributed by atoms with Crippen molar-refractivity contribution in [1.82, 2.24) is 10.8 Å². The molecule has 5 aliphatic carbocycles. The number of ketones is 2. The van der Waals surface area contributed by atoms with E-state index in [0.29, 0.717) is 45.4 Å². The van der Waals surface area contributed by atoms with Crippen LogP contribution in [0.15, 0.2) is 23.3 Å². The predicted molar refractivity (Wildman–Crippen MR) is 162 cm³/mol. The molecular formula is C35H47F2N3O5. The first-order chi connectivity index (χ1) is 20.6. The number of Topliss-reactive ketones (excluding diaryl/α,β-unsaturated/α-hetero) is 1. The first kappa shape index (κ1) is 33.4. The summed E-state index contributed by atoms with van der Waals surface area (Å²) in [5, 5.41) is 12.9. The minimum Gasteiger partial charge on any atom is -0.371 e. The van der Waals surface area contributed by atoms with Crippen LogP contribution in [-0.4, -0.2) is 41.4 Å². The first-order valence-corrected chi connectivity index (χ1v) is 16.2. The molecule has 3 saturated carbocycles. The van der Waals surface area contributed by atoms with Crippen molar-refractivity contribution in [1.29, 1.82) is 5.26 Å². The number of nitrogens with one attached hydrogen (secondary N) is 2. The van der Waals surface area contributed by atoms with Gasteiger partial charge in [0.2, 0.25) is 0 Å². The SMILES string of the molecule is CC(=O)ONC[C@]1(C)C(=O)C(C#N)=C[C@]2(C)C3=CC(=O)C4C5CC(C)(C)CC[C@]5(NC(=O)C(C)(F)F)CC[C@@]4(C)[C@]3(C)CCC21. The number of rotatable bonds is 5. The number of amides is 1. The summed E-state index contributed by atoms with van der Waals surface area (Å²) in [6.45, 7) is 14.3. The summed E-state index contributed by atoms with van der Waals surface area (Å²) in [7, 11) is 0. The molecule has 10 heteroatoms. The second-order valence-corrected chi connectivity index (χ2v) is 16.4. The van der Waals surface area contributed by atoms with Crippen molar-refractivity contribution in [3.63, 3.8) is 0 Å². The van der Waals surface area contributed by atoms with Gasteiger partial charge in [0.05, 0.1) is 11.0 Å². The van der Waals surface area contributed by atoms with Crippen molar-refractivity contribution in [2.75, 3.05) is 6.54 Å². The molecule has 3 fully saturated rings. The summed E-state index contributed by atoms with van der Waals surface area (Å²) in [4.78, 5) is 57.6. The molecule has 1 amide bonds. The Morgan fingerprint density at radius 2 is 1.71 bits per heavy atom. The maximum atomic E-state index is 14.6. The molecule has 0 heterocycles. The fourth-order valence-electron chi connectivity index (χ4n) is 10.5.